The van der Waals surface area contributed by atoms with Crippen LogP contribution in [0.5, 0.6) is 0 Å². The van der Waals surface area contributed by atoms with Crippen LogP contribution in [-0.2, 0) is 14.3 Å². The smallest absolute Gasteiger partial charge is 0.325 e. The molecule has 0 aromatic rings. The van der Waals surface area contributed by atoms with E-state index in [1.54, 1.807) is 11.8 Å². The van der Waals surface area contributed by atoms with E-state index < -0.39 is 0 Å². The first-order chi connectivity index (χ1) is 9.42. The number of carbonyl (C=O) groups is 2. The quantitative estimate of drug-likeness (QED) is 0.686. The molecule has 5 heteroatoms. The Morgan fingerprint density at radius 1 is 1.35 bits per heavy atom. The van der Waals surface area contributed by atoms with Crippen molar-refractivity contribution in [3.8, 4) is 0 Å². The summed E-state index contributed by atoms with van der Waals surface area (Å²) < 4.78 is 4.94. The van der Waals surface area contributed by atoms with Gasteiger partial charge >= 0.3 is 5.97 Å². The molecule has 0 saturated heterocycles. The summed E-state index contributed by atoms with van der Waals surface area (Å²) in [4.78, 5) is 25.7. The molecule has 0 heterocycles. The first-order valence-corrected chi connectivity index (χ1v) is 7.56. The predicted octanol–water partition coefficient (Wildman–Crippen LogP) is 1.55. The Balaban J connectivity index is 2.61. The summed E-state index contributed by atoms with van der Waals surface area (Å²) in [5.41, 5.74) is 5.78. The van der Waals surface area contributed by atoms with Crippen molar-refractivity contribution < 1.29 is 14.3 Å². The largest absolute Gasteiger partial charge is 0.465 e. The van der Waals surface area contributed by atoms with Gasteiger partial charge in [0.25, 0.3) is 0 Å². The van der Waals surface area contributed by atoms with Crippen molar-refractivity contribution >= 4 is 11.9 Å². The molecule has 1 aliphatic rings. The highest BCUT2D eigenvalue weighted by atomic mass is 16.5. The third-order valence-corrected chi connectivity index (χ3v) is 3.94. The first kappa shape index (κ1) is 17.0. The molecule has 1 saturated carbocycles. The zero-order valence-corrected chi connectivity index (χ0v) is 13.0. The van der Waals surface area contributed by atoms with Crippen LogP contribution in [0.25, 0.3) is 0 Å². The number of rotatable bonds is 8. The second kappa shape index (κ2) is 7.62. The minimum atomic E-state index is -0.336. The van der Waals surface area contributed by atoms with Gasteiger partial charge in [0.15, 0.2) is 0 Å². The van der Waals surface area contributed by atoms with Crippen LogP contribution in [-0.4, -0.2) is 43.0 Å². The standard InChI is InChI=1S/C15H28N2O3/c1-4-20-14(19)10-17(9-12(2)3)13(18)8-15(11-16)6-5-7-15/h12H,4-11,16H2,1-3H3. The van der Waals surface area contributed by atoms with Gasteiger partial charge < -0.3 is 15.4 Å². The van der Waals surface area contributed by atoms with Crippen LogP contribution < -0.4 is 5.73 Å². The summed E-state index contributed by atoms with van der Waals surface area (Å²) in [7, 11) is 0. The Morgan fingerprint density at radius 2 is 2.00 bits per heavy atom. The van der Waals surface area contributed by atoms with Crippen molar-refractivity contribution in [2.45, 2.75) is 46.5 Å². The highest BCUT2D eigenvalue weighted by molar-refractivity contribution is 5.82. The van der Waals surface area contributed by atoms with Crippen LogP contribution >= 0.6 is 0 Å². The van der Waals surface area contributed by atoms with E-state index in [2.05, 4.69) is 0 Å². The molecule has 1 fully saturated rings. The fraction of sp³-hybridized carbons (Fsp3) is 0.867. The molecular weight excluding hydrogens is 256 g/mol. The van der Waals surface area contributed by atoms with Gasteiger partial charge in [-0.3, -0.25) is 9.59 Å². The lowest BCUT2D eigenvalue weighted by atomic mass is 9.66. The summed E-state index contributed by atoms with van der Waals surface area (Å²) in [5, 5.41) is 0. The summed E-state index contributed by atoms with van der Waals surface area (Å²) in [5.74, 6) is 0.0115. The lowest BCUT2D eigenvalue weighted by molar-refractivity contribution is -0.150. The normalized spacial score (nSPS) is 16.6. The molecule has 1 aliphatic carbocycles. The topological polar surface area (TPSA) is 72.6 Å². The van der Waals surface area contributed by atoms with Crippen LogP contribution in [0, 0.1) is 11.3 Å². The third-order valence-electron chi connectivity index (χ3n) is 3.94. The Bertz CT molecular complexity index is 333. The maximum atomic E-state index is 12.4. The first-order valence-electron chi connectivity index (χ1n) is 7.56. The molecule has 1 rings (SSSR count). The van der Waals surface area contributed by atoms with Gasteiger partial charge in [-0.15, -0.1) is 0 Å². The van der Waals surface area contributed by atoms with E-state index in [0.717, 1.165) is 19.3 Å². The molecule has 20 heavy (non-hydrogen) atoms. The predicted molar refractivity (Wildman–Crippen MR) is 78.0 cm³/mol. The van der Waals surface area contributed by atoms with Crippen molar-refractivity contribution in [3.63, 3.8) is 0 Å². The number of carbonyl (C=O) groups excluding carboxylic acids is 2. The van der Waals surface area contributed by atoms with Crippen molar-refractivity contribution in [2.75, 3.05) is 26.2 Å². The molecule has 0 aromatic heterocycles. The number of hydrogen-bond acceptors (Lipinski definition) is 4. The number of nitrogens with zero attached hydrogens (tertiary/aromatic N) is 1. The summed E-state index contributed by atoms with van der Waals surface area (Å²) in [6.07, 6.45) is 3.64. The fourth-order valence-electron chi connectivity index (χ4n) is 2.62. The van der Waals surface area contributed by atoms with E-state index in [-0.39, 0.29) is 23.8 Å². The Hall–Kier alpha value is -1.10. The molecular formula is C15H28N2O3. The number of ether oxygens (including phenoxy) is 1. The van der Waals surface area contributed by atoms with E-state index in [4.69, 9.17) is 10.5 Å². The van der Waals surface area contributed by atoms with Gasteiger partial charge in [0, 0.05) is 13.0 Å². The van der Waals surface area contributed by atoms with Crippen LogP contribution in [0.3, 0.4) is 0 Å². The monoisotopic (exact) mass is 284 g/mol. The molecule has 0 spiro atoms. The van der Waals surface area contributed by atoms with Crippen LogP contribution in [0.2, 0.25) is 0 Å². The summed E-state index contributed by atoms with van der Waals surface area (Å²) in [6, 6.07) is 0. The van der Waals surface area contributed by atoms with Gasteiger partial charge in [-0.05, 0) is 37.6 Å². The second-order valence-electron chi connectivity index (χ2n) is 6.21. The van der Waals surface area contributed by atoms with Crippen molar-refractivity contribution in [2.24, 2.45) is 17.1 Å². The van der Waals surface area contributed by atoms with Crippen molar-refractivity contribution in [3.05, 3.63) is 0 Å². The van der Waals surface area contributed by atoms with Gasteiger partial charge in [0.05, 0.1) is 6.61 Å². The summed E-state index contributed by atoms with van der Waals surface area (Å²) in [6.45, 7) is 7.36. The molecule has 5 nitrogen and oxygen atoms in total. The average molecular weight is 284 g/mol. The van der Waals surface area contributed by atoms with E-state index in [1.807, 2.05) is 13.8 Å². The second-order valence-corrected chi connectivity index (χ2v) is 6.21. The van der Waals surface area contributed by atoms with Gasteiger partial charge in [0.2, 0.25) is 5.91 Å². The van der Waals surface area contributed by atoms with E-state index in [1.165, 1.54) is 0 Å². The summed E-state index contributed by atoms with van der Waals surface area (Å²) >= 11 is 0. The molecule has 0 radical (unpaired) electrons. The lowest BCUT2D eigenvalue weighted by Gasteiger charge is -2.41. The number of esters is 1. The van der Waals surface area contributed by atoms with Crippen LogP contribution in [0.1, 0.15) is 46.5 Å². The molecule has 0 atom stereocenters. The Kier molecular flexibility index (Phi) is 6.46. The minimum absolute atomic E-state index is 0.0249. The maximum absolute atomic E-state index is 12.4. The number of amides is 1. The van der Waals surface area contributed by atoms with Crippen LogP contribution in [0.15, 0.2) is 0 Å². The van der Waals surface area contributed by atoms with Crippen molar-refractivity contribution in [1.29, 1.82) is 0 Å². The molecule has 0 bridgehead atoms. The Morgan fingerprint density at radius 3 is 2.40 bits per heavy atom. The molecule has 0 unspecified atom stereocenters. The minimum Gasteiger partial charge on any atom is -0.465 e. The third kappa shape index (κ3) is 4.78. The van der Waals surface area contributed by atoms with Gasteiger partial charge in [-0.2, -0.15) is 0 Å². The molecule has 0 aromatic carbocycles. The zero-order chi connectivity index (χ0) is 15.2. The molecule has 116 valence electrons. The van der Waals surface area contributed by atoms with Gasteiger partial charge in [-0.1, -0.05) is 20.3 Å². The highest BCUT2D eigenvalue weighted by Gasteiger charge is 2.38. The highest BCUT2D eigenvalue weighted by Crippen LogP contribution is 2.43. The molecule has 2 N–H and O–H groups in total. The Labute approximate surface area is 121 Å². The zero-order valence-electron chi connectivity index (χ0n) is 13.0. The molecule has 0 aliphatic heterocycles. The lowest BCUT2D eigenvalue weighted by Crippen LogP contribution is -2.45. The molecule has 1 amide bonds. The van der Waals surface area contributed by atoms with E-state index in [9.17, 15) is 9.59 Å². The average Bonchev–Trinajstić information content (AvgIpc) is 2.32. The number of hydrogen-bond donors (Lipinski definition) is 1. The fourth-order valence-corrected chi connectivity index (χ4v) is 2.62. The van der Waals surface area contributed by atoms with Crippen LogP contribution in [0.4, 0.5) is 0 Å². The SMILES string of the molecule is CCOC(=O)CN(CC(C)C)C(=O)CC1(CN)CCC1. The van der Waals surface area contributed by atoms with E-state index >= 15 is 0 Å². The van der Waals surface area contributed by atoms with Crippen molar-refractivity contribution in [1.82, 2.24) is 4.90 Å². The maximum Gasteiger partial charge on any atom is 0.325 e. The number of nitrogens with two attached hydrogens (primary N) is 1. The van der Waals surface area contributed by atoms with E-state index in [0.29, 0.717) is 32.0 Å². The van der Waals surface area contributed by atoms with Gasteiger partial charge in [0.1, 0.15) is 6.54 Å². The van der Waals surface area contributed by atoms with Gasteiger partial charge in [-0.25, -0.2) is 0 Å².